The maximum atomic E-state index is 11.7. The lowest BCUT2D eigenvalue weighted by molar-refractivity contribution is -0.122. The lowest BCUT2D eigenvalue weighted by Gasteiger charge is -2.15. The number of carbonyl (C=O) groups is 1. The fraction of sp³-hybridized carbons (Fsp3) is 0.615. The van der Waals surface area contributed by atoms with Crippen LogP contribution in [0, 0.1) is 6.92 Å². The zero-order valence-electron chi connectivity index (χ0n) is 11.4. The van der Waals surface area contributed by atoms with E-state index in [0.717, 1.165) is 19.6 Å². The van der Waals surface area contributed by atoms with Crippen molar-refractivity contribution in [1.29, 1.82) is 0 Å². The van der Waals surface area contributed by atoms with Crippen LogP contribution < -0.4 is 5.32 Å². The molecule has 0 aliphatic carbocycles. The molecular weight excluding hydrogens is 248 g/mol. The zero-order valence-corrected chi connectivity index (χ0v) is 12.2. The van der Waals surface area contributed by atoms with Gasteiger partial charge in [-0.05, 0) is 32.5 Å². The summed E-state index contributed by atoms with van der Waals surface area (Å²) in [5.74, 6) is 0.0703. The van der Waals surface area contributed by atoms with E-state index >= 15 is 0 Å². The number of likely N-dealkylation sites (N-methyl/N-ethyl adjacent to an activating group) is 1. The van der Waals surface area contributed by atoms with Crippen molar-refractivity contribution in [2.75, 3.05) is 33.9 Å². The minimum atomic E-state index is 0.0703. The van der Waals surface area contributed by atoms with E-state index in [4.69, 9.17) is 4.74 Å². The van der Waals surface area contributed by atoms with Gasteiger partial charge in [-0.3, -0.25) is 9.69 Å². The molecule has 0 bridgehead atoms. The number of thiophene rings is 1. The molecule has 1 rings (SSSR count). The van der Waals surface area contributed by atoms with Crippen molar-refractivity contribution >= 4 is 17.2 Å². The Hall–Kier alpha value is -0.910. The van der Waals surface area contributed by atoms with Crippen LogP contribution in [0.25, 0.3) is 0 Å². The second-order valence-corrected chi connectivity index (χ2v) is 5.75. The molecule has 0 unspecified atom stereocenters. The van der Waals surface area contributed by atoms with Gasteiger partial charge < -0.3 is 10.1 Å². The lowest BCUT2D eigenvalue weighted by Crippen LogP contribution is -2.35. The van der Waals surface area contributed by atoms with Gasteiger partial charge in [0.15, 0.2) is 0 Å². The van der Waals surface area contributed by atoms with Crippen molar-refractivity contribution in [3.63, 3.8) is 0 Å². The molecule has 18 heavy (non-hydrogen) atoms. The number of ether oxygens (including phenoxy) is 1. The number of methoxy groups -OCH3 is 1. The Bertz CT molecular complexity index is 366. The molecular formula is C13H22N2O2S. The van der Waals surface area contributed by atoms with Crippen molar-refractivity contribution < 1.29 is 9.53 Å². The third-order valence-electron chi connectivity index (χ3n) is 2.56. The Kier molecular flexibility index (Phi) is 6.93. The zero-order chi connectivity index (χ0) is 13.4. The van der Waals surface area contributed by atoms with Crippen LogP contribution in [-0.4, -0.2) is 44.7 Å². The van der Waals surface area contributed by atoms with Gasteiger partial charge in [0.2, 0.25) is 5.91 Å². The average molecular weight is 270 g/mol. The molecule has 0 aliphatic heterocycles. The van der Waals surface area contributed by atoms with Crippen molar-refractivity contribution in [1.82, 2.24) is 10.2 Å². The standard InChI is InChI=1S/C13H22N2O2S/c1-11-5-6-12(18-11)9-14-13(16)10-15(2)7-4-8-17-3/h5-6H,4,7-10H2,1-3H3,(H,14,16). The van der Waals surface area contributed by atoms with Gasteiger partial charge in [0.05, 0.1) is 13.1 Å². The number of nitrogens with zero attached hydrogens (tertiary/aromatic N) is 1. The van der Waals surface area contributed by atoms with Crippen molar-refractivity contribution in [2.24, 2.45) is 0 Å². The molecule has 0 saturated carbocycles. The van der Waals surface area contributed by atoms with E-state index < -0.39 is 0 Å². The molecule has 102 valence electrons. The maximum absolute atomic E-state index is 11.7. The quantitative estimate of drug-likeness (QED) is 0.730. The number of nitrogens with one attached hydrogen (secondary N) is 1. The second kappa shape index (κ2) is 8.24. The smallest absolute Gasteiger partial charge is 0.234 e. The molecule has 0 saturated heterocycles. The molecule has 1 aromatic rings. The maximum Gasteiger partial charge on any atom is 0.234 e. The molecule has 0 radical (unpaired) electrons. The van der Waals surface area contributed by atoms with E-state index in [2.05, 4.69) is 24.4 Å². The predicted octanol–water partition coefficient (Wildman–Crippen LogP) is 1.64. The number of aryl methyl sites for hydroxylation is 1. The fourth-order valence-electron chi connectivity index (χ4n) is 1.62. The summed E-state index contributed by atoms with van der Waals surface area (Å²) in [5, 5.41) is 2.93. The van der Waals surface area contributed by atoms with E-state index in [9.17, 15) is 4.79 Å². The number of amides is 1. The first-order chi connectivity index (χ1) is 8.61. The predicted molar refractivity (Wildman–Crippen MR) is 74.9 cm³/mol. The van der Waals surface area contributed by atoms with Crippen LogP contribution in [-0.2, 0) is 16.1 Å². The molecule has 0 spiro atoms. The molecule has 4 nitrogen and oxygen atoms in total. The minimum absolute atomic E-state index is 0.0703. The van der Waals surface area contributed by atoms with Gasteiger partial charge in [0.1, 0.15) is 0 Å². The molecule has 1 heterocycles. The van der Waals surface area contributed by atoms with Crippen LogP contribution >= 0.6 is 11.3 Å². The third-order valence-corrected chi connectivity index (χ3v) is 3.56. The summed E-state index contributed by atoms with van der Waals surface area (Å²) in [5.41, 5.74) is 0. The summed E-state index contributed by atoms with van der Waals surface area (Å²) in [6.07, 6.45) is 0.949. The van der Waals surface area contributed by atoms with E-state index in [1.165, 1.54) is 9.75 Å². The molecule has 0 fully saturated rings. The molecule has 0 aliphatic rings. The summed E-state index contributed by atoms with van der Waals surface area (Å²) in [4.78, 5) is 16.2. The van der Waals surface area contributed by atoms with Gasteiger partial charge in [0, 0.05) is 30.0 Å². The van der Waals surface area contributed by atoms with Crippen molar-refractivity contribution in [2.45, 2.75) is 19.9 Å². The highest BCUT2D eigenvalue weighted by atomic mass is 32.1. The monoisotopic (exact) mass is 270 g/mol. The van der Waals surface area contributed by atoms with Crippen molar-refractivity contribution in [3.05, 3.63) is 21.9 Å². The Balaban J connectivity index is 2.16. The van der Waals surface area contributed by atoms with Crippen LogP contribution in [0.15, 0.2) is 12.1 Å². The minimum Gasteiger partial charge on any atom is -0.385 e. The first-order valence-corrected chi connectivity index (χ1v) is 6.93. The van der Waals surface area contributed by atoms with Crippen LogP contribution in [0.1, 0.15) is 16.2 Å². The first kappa shape index (κ1) is 15.1. The Labute approximate surface area is 113 Å². The van der Waals surface area contributed by atoms with Crippen LogP contribution in [0.5, 0.6) is 0 Å². The molecule has 5 heteroatoms. The SMILES string of the molecule is COCCCN(C)CC(=O)NCc1ccc(C)s1. The van der Waals surface area contributed by atoms with E-state index in [-0.39, 0.29) is 5.91 Å². The van der Waals surface area contributed by atoms with Crippen LogP contribution in [0.3, 0.4) is 0 Å². The number of carbonyl (C=O) groups excluding carboxylic acids is 1. The van der Waals surface area contributed by atoms with Gasteiger partial charge in [-0.15, -0.1) is 11.3 Å². The van der Waals surface area contributed by atoms with E-state index in [1.54, 1.807) is 18.4 Å². The van der Waals surface area contributed by atoms with E-state index in [0.29, 0.717) is 13.1 Å². The summed E-state index contributed by atoms with van der Waals surface area (Å²) in [7, 11) is 3.64. The summed E-state index contributed by atoms with van der Waals surface area (Å²) in [6, 6.07) is 4.13. The topological polar surface area (TPSA) is 41.6 Å². The molecule has 0 aromatic carbocycles. The Morgan fingerprint density at radius 3 is 2.89 bits per heavy atom. The average Bonchev–Trinajstić information content (AvgIpc) is 2.73. The lowest BCUT2D eigenvalue weighted by atomic mass is 10.4. The van der Waals surface area contributed by atoms with Gasteiger partial charge in [-0.2, -0.15) is 0 Å². The third kappa shape index (κ3) is 6.14. The van der Waals surface area contributed by atoms with Gasteiger partial charge >= 0.3 is 0 Å². The second-order valence-electron chi connectivity index (χ2n) is 4.37. The van der Waals surface area contributed by atoms with Crippen molar-refractivity contribution in [3.8, 4) is 0 Å². The van der Waals surface area contributed by atoms with Crippen LogP contribution in [0.4, 0.5) is 0 Å². The summed E-state index contributed by atoms with van der Waals surface area (Å²) >= 11 is 1.72. The number of hydrogen-bond donors (Lipinski definition) is 1. The van der Waals surface area contributed by atoms with Gasteiger partial charge in [0.25, 0.3) is 0 Å². The number of hydrogen-bond acceptors (Lipinski definition) is 4. The molecule has 0 atom stereocenters. The largest absolute Gasteiger partial charge is 0.385 e. The Morgan fingerprint density at radius 2 is 2.28 bits per heavy atom. The highest BCUT2D eigenvalue weighted by Crippen LogP contribution is 2.14. The fourth-order valence-corrected chi connectivity index (χ4v) is 2.45. The molecule has 1 N–H and O–H groups in total. The first-order valence-electron chi connectivity index (χ1n) is 6.11. The number of rotatable bonds is 8. The van der Waals surface area contributed by atoms with E-state index in [1.807, 2.05) is 11.9 Å². The van der Waals surface area contributed by atoms with Crippen LogP contribution in [0.2, 0.25) is 0 Å². The van der Waals surface area contributed by atoms with Gasteiger partial charge in [-0.1, -0.05) is 0 Å². The highest BCUT2D eigenvalue weighted by molar-refractivity contribution is 7.11. The molecule has 1 aromatic heterocycles. The normalized spacial score (nSPS) is 10.9. The summed E-state index contributed by atoms with van der Waals surface area (Å²) < 4.78 is 4.98. The Morgan fingerprint density at radius 1 is 1.50 bits per heavy atom. The highest BCUT2D eigenvalue weighted by Gasteiger charge is 2.06. The van der Waals surface area contributed by atoms with Gasteiger partial charge in [-0.25, -0.2) is 0 Å². The summed E-state index contributed by atoms with van der Waals surface area (Å²) in [6.45, 7) is 4.75. The molecule has 1 amide bonds.